The topological polar surface area (TPSA) is 79.5 Å². The maximum absolute atomic E-state index is 12.4. The third-order valence-corrected chi connectivity index (χ3v) is 3.75. The van der Waals surface area contributed by atoms with Gasteiger partial charge in [0.15, 0.2) is 5.11 Å². The molecule has 7 heteroatoms. The molecule has 0 aliphatic rings. The number of anilines is 1. The van der Waals surface area contributed by atoms with Crippen LogP contribution in [0.5, 0.6) is 5.75 Å². The van der Waals surface area contributed by atoms with Crippen molar-refractivity contribution in [2.45, 2.75) is 26.4 Å². The van der Waals surface area contributed by atoms with Crippen LogP contribution >= 0.6 is 12.2 Å². The molecule has 0 bridgehead atoms. The van der Waals surface area contributed by atoms with Crippen molar-refractivity contribution in [1.82, 2.24) is 10.6 Å². The first-order valence-electron chi connectivity index (χ1n) is 8.56. The average molecular weight is 385 g/mol. The fourth-order valence-electron chi connectivity index (χ4n) is 2.30. The molecular formula is C20H23N3O3S. The third kappa shape index (κ3) is 6.71. The number of likely N-dealkylation sites (N-methyl/N-ethyl adjacent to an activating group) is 1. The van der Waals surface area contributed by atoms with E-state index in [1.54, 1.807) is 43.4 Å². The Morgan fingerprint density at radius 1 is 1.11 bits per heavy atom. The van der Waals surface area contributed by atoms with Crippen molar-refractivity contribution in [3.63, 3.8) is 0 Å². The molecule has 0 aliphatic heterocycles. The Morgan fingerprint density at radius 2 is 1.81 bits per heavy atom. The first kappa shape index (κ1) is 20.4. The second-order valence-corrected chi connectivity index (χ2v) is 6.56. The van der Waals surface area contributed by atoms with Crippen LogP contribution in [0, 0.1) is 0 Å². The number of carbonyl (C=O) groups excluding carboxylic acids is 2. The van der Waals surface area contributed by atoms with Crippen LogP contribution in [-0.4, -0.2) is 30.1 Å². The van der Waals surface area contributed by atoms with Gasteiger partial charge in [0.2, 0.25) is 5.91 Å². The summed E-state index contributed by atoms with van der Waals surface area (Å²) in [5.74, 6) is 0.253. The predicted octanol–water partition coefficient (Wildman–Crippen LogP) is 2.89. The molecule has 0 saturated heterocycles. The van der Waals surface area contributed by atoms with E-state index >= 15 is 0 Å². The van der Waals surface area contributed by atoms with Crippen LogP contribution in [0.2, 0.25) is 0 Å². The molecule has 0 fully saturated rings. The Labute approximate surface area is 164 Å². The fourth-order valence-corrected chi connectivity index (χ4v) is 2.51. The first-order valence-corrected chi connectivity index (χ1v) is 8.96. The van der Waals surface area contributed by atoms with Gasteiger partial charge in [-0.2, -0.15) is 0 Å². The quantitative estimate of drug-likeness (QED) is 0.667. The zero-order valence-electron chi connectivity index (χ0n) is 15.5. The minimum absolute atomic E-state index is 0.0254. The van der Waals surface area contributed by atoms with Gasteiger partial charge in [-0.3, -0.25) is 14.9 Å². The number of thiocarbonyl (C=S) groups is 1. The normalized spacial score (nSPS) is 10.2. The van der Waals surface area contributed by atoms with Gasteiger partial charge in [0, 0.05) is 18.3 Å². The Kier molecular flexibility index (Phi) is 7.31. The lowest BCUT2D eigenvalue weighted by Gasteiger charge is -2.12. The van der Waals surface area contributed by atoms with Gasteiger partial charge >= 0.3 is 0 Å². The number of hydrogen-bond donors (Lipinski definition) is 3. The summed E-state index contributed by atoms with van der Waals surface area (Å²) < 4.78 is 5.60. The van der Waals surface area contributed by atoms with Gasteiger partial charge in [-0.25, -0.2) is 0 Å². The number of rotatable bonds is 6. The number of benzene rings is 2. The summed E-state index contributed by atoms with van der Waals surface area (Å²) >= 11 is 5.20. The van der Waals surface area contributed by atoms with Crippen LogP contribution < -0.4 is 20.7 Å². The fraction of sp³-hybridized carbons (Fsp3) is 0.250. The molecule has 0 atom stereocenters. The summed E-state index contributed by atoms with van der Waals surface area (Å²) in [6.45, 7) is 3.84. The molecule has 2 aromatic rings. The van der Waals surface area contributed by atoms with E-state index in [-0.39, 0.29) is 23.0 Å². The predicted molar refractivity (Wildman–Crippen MR) is 110 cm³/mol. The highest BCUT2D eigenvalue weighted by atomic mass is 32.1. The van der Waals surface area contributed by atoms with Crippen LogP contribution in [0.15, 0.2) is 48.5 Å². The highest BCUT2D eigenvalue weighted by molar-refractivity contribution is 7.80. The molecule has 0 radical (unpaired) electrons. The highest BCUT2D eigenvalue weighted by Crippen LogP contribution is 2.15. The molecule has 3 N–H and O–H groups in total. The van der Waals surface area contributed by atoms with E-state index in [2.05, 4.69) is 16.0 Å². The van der Waals surface area contributed by atoms with E-state index in [1.165, 1.54) is 0 Å². The number of hydrogen-bond acceptors (Lipinski definition) is 4. The molecule has 0 spiro atoms. The molecule has 0 heterocycles. The molecule has 27 heavy (non-hydrogen) atoms. The van der Waals surface area contributed by atoms with Gasteiger partial charge in [-0.1, -0.05) is 18.2 Å². The summed E-state index contributed by atoms with van der Waals surface area (Å²) in [5.41, 5.74) is 2.06. The first-order chi connectivity index (χ1) is 12.9. The lowest BCUT2D eigenvalue weighted by molar-refractivity contribution is -0.119. The summed E-state index contributed by atoms with van der Waals surface area (Å²) in [5, 5.41) is 8.36. The third-order valence-electron chi connectivity index (χ3n) is 3.55. The van der Waals surface area contributed by atoms with Crippen molar-refractivity contribution in [1.29, 1.82) is 0 Å². The largest absolute Gasteiger partial charge is 0.491 e. The standard InChI is InChI=1S/C20H23N3O3S/c1-13(2)26-17-6-4-5-15(12-17)19(25)23-20(27)22-16-9-7-14(8-10-16)11-18(24)21-3/h4-10,12-13H,11H2,1-3H3,(H,21,24)(H2,22,23,25,27). The van der Waals surface area contributed by atoms with Crippen molar-refractivity contribution in [3.8, 4) is 5.75 Å². The number of carbonyl (C=O) groups is 2. The van der Waals surface area contributed by atoms with Gasteiger partial charge in [0.05, 0.1) is 12.5 Å². The highest BCUT2D eigenvalue weighted by Gasteiger charge is 2.10. The number of ether oxygens (including phenoxy) is 1. The SMILES string of the molecule is CNC(=O)Cc1ccc(NC(=S)NC(=O)c2cccc(OC(C)C)c2)cc1. The molecular weight excluding hydrogens is 362 g/mol. The van der Waals surface area contributed by atoms with E-state index in [0.717, 1.165) is 11.3 Å². The van der Waals surface area contributed by atoms with Gasteiger partial charge < -0.3 is 15.4 Å². The number of amides is 2. The van der Waals surface area contributed by atoms with Crippen LogP contribution in [0.3, 0.4) is 0 Å². The zero-order chi connectivity index (χ0) is 19.8. The average Bonchev–Trinajstić information content (AvgIpc) is 2.62. The Morgan fingerprint density at radius 3 is 2.44 bits per heavy atom. The lowest BCUT2D eigenvalue weighted by atomic mass is 10.1. The molecule has 0 unspecified atom stereocenters. The van der Waals surface area contributed by atoms with E-state index in [4.69, 9.17) is 17.0 Å². The second-order valence-electron chi connectivity index (χ2n) is 6.15. The number of nitrogens with one attached hydrogen (secondary N) is 3. The molecule has 2 aromatic carbocycles. The van der Waals surface area contributed by atoms with Crippen molar-refractivity contribution in [2.24, 2.45) is 0 Å². The molecule has 6 nitrogen and oxygen atoms in total. The van der Waals surface area contributed by atoms with Crippen LogP contribution in [-0.2, 0) is 11.2 Å². The van der Waals surface area contributed by atoms with Gasteiger partial charge in [0.25, 0.3) is 5.91 Å². The molecule has 2 amide bonds. The van der Waals surface area contributed by atoms with E-state index in [9.17, 15) is 9.59 Å². The van der Waals surface area contributed by atoms with Gasteiger partial charge in [0.1, 0.15) is 5.75 Å². The van der Waals surface area contributed by atoms with Crippen LogP contribution in [0.1, 0.15) is 29.8 Å². The summed E-state index contributed by atoms with van der Waals surface area (Å²) in [4.78, 5) is 23.7. The Bertz CT molecular complexity index is 819. The van der Waals surface area contributed by atoms with Crippen molar-refractivity contribution < 1.29 is 14.3 Å². The van der Waals surface area contributed by atoms with E-state index in [0.29, 0.717) is 17.7 Å². The Balaban J connectivity index is 1.93. The summed E-state index contributed by atoms with van der Waals surface area (Å²) in [6.07, 6.45) is 0.338. The second kappa shape index (κ2) is 9.68. The van der Waals surface area contributed by atoms with Crippen LogP contribution in [0.4, 0.5) is 5.69 Å². The van der Waals surface area contributed by atoms with E-state index in [1.807, 2.05) is 26.0 Å². The van der Waals surface area contributed by atoms with Crippen molar-refractivity contribution in [2.75, 3.05) is 12.4 Å². The maximum atomic E-state index is 12.4. The van der Waals surface area contributed by atoms with Crippen molar-refractivity contribution in [3.05, 3.63) is 59.7 Å². The molecule has 2 rings (SSSR count). The van der Waals surface area contributed by atoms with Gasteiger partial charge in [-0.15, -0.1) is 0 Å². The Hall–Kier alpha value is -2.93. The zero-order valence-corrected chi connectivity index (χ0v) is 16.4. The van der Waals surface area contributed by atoms with Crippen LogP contribution in [0.25, 0.3) is 0 Å². The van der Waals surface area contributed by atoms with E-state index < -0.39 is 0 Å². The lowest BCUT2D eigenvalue weighted by Crippen LogP contribution is -2.34. The smallest absolute Gasteiger partial charge is 0.257 e. The minimum atomic E-state index is -0.321. The van der Waals surface area contributed by atoms with Crippen molar-refractivity contribution >= 4 is 34.8 Å². The summed E-state index contributed by atoms with van der Waals surface area (Å²) in [7, 11) is 1.60. The molecule has 0 aromatic heterocycles. The molecule has 142 valence electrons. The summed E-state index contributed by atoms with van der Waals surface area (Å²) in [6, 6.07) is 14.2. The van der Waals surface area contributed by atoms with Gasteiger partial charge in [-0.05, 0) is 62.0 Å². The minimum Gasteiger partial charge on any atom is -0.491 e. The maximum Gasteiger partial charge on any atom is 0.257 e. The molecule has 0 aliphatic carbocycles. The molecule has 0 saturated carbocycles. The monoisotopic (exact) mass is 385 g/mol.